The Bertz CT molecular complexity index is 1120. The number of nitrogens with one attached hydrogen (secondary N) is 1. The molecule has 2 aliphatic rings. The molecule has 1 aliphatic heterocycles. The lowest BCUT2D eigenvalue weighted by Crippen LogP contribution is -2.30. The molecule has 6 heteroatoms. The van der Waals surface area contributed by atoms with Gasteiger partial charge in [-0.2, -0.15) is 0 Å². The standard InChI is InChI=1S/C22H16Cl2N2O2/c23-13-5-7-16(19(24)10-13)22-18-9-12-3-1-2-4-15(12)21(18)17-11-14(26(27)28)6-8-20(17)25-22/h1-8,10-11,18,21-22,25H,9H2/t18-,21-,22+/m0/s1. The molecule has 1 N–H and O–H groups in total. The minimum absolute atomic E-state index is 0.00359. The maximum Gasteiger partial charge on any atom is 0.269 e. The lowest BCUT2D eigenvalue weighted by atomic mass is 9.75. The molecule has 5 rings (SSSR count). The fraction of sp³-hybridized carbons (Fsp3) is 0.182. The number of nitrogens with zero attached hydrogens (tertiary/aromatic N) is 1. The third kappa shape index (κ3) is 2.67. The molecule has 0 amide bonds. The van der Waals surface area contributed by atoms with Gasteiger partial charge in [0.05, 0.1) is 11.0 Å². The van der Waals surface area contributed by atoms with Gasteiger partial charge in [-0.1, -0.05) is 53.5 Å². The van der Waals surface area contributed by atoms with Crippen LogP contribution in [0.5, 0.6) is 0 Å². The van der Waals surface area contributed by atoms with E-state index >= 15 is 0 Å². The summed E-state index contributed by atoms with van der Waals surface area (Å²) < 4.78 is 0. The highest BCUT2D eigenvalue weighted by atomic mass is 35.5. The van der Waals surface area contributed by atoms with Crippen LogP contribution in [-0.4, -0.2) is 4.92 Å². The van der Waals surface area contributed by atoms with Gasteiger partial charge < -0.3 is 5.32 Å². The molecule has 0 aromatic heterocycles. The minimum atomic E-state index is -0.335. The molecule has 28 heavy (non-hydrogen) atoms. The third-order valence-corrected chi connectivity index (χ3v) is 6.45. The Hall–Kier alpha value is -2.56. The monoisotopic (exact) mass is 410 g/mol. The highest BCUT2D eigenvalue weighted by Crippen LogP contribution is 2.55. The van der Waals surface area contributed by atoms with Gasteiger partial charge in [0.25, 0.3) is 5.69 Å². The average Bonchev–Trinajstić information content (AvgIpc) is 3.07. The van der Waals surface area contributed by atoms with Crippen molar-refractivity contribution in [2.45, 2.75) is 18.4 Å². The molecular formula is C22H16Cl2N2O2. The van der Waals surface area contributed by atoms with Gasteiger partial charge in [-0.3, -0.25) is 10.1 Å². The van der Waals surface area contributed by atoms with Crippen molar-refractivity contribution in [2.75, 3.05) is 5.32 Å². The van der Waals surface area contributed by atoms with Crippen LogP contribution in [0.1, 0.15) is 34.2 Å². The molecule has 3 aromatic rings. The zero-order valence-electron chi connectivity index (χ0n) is 14.7. The van der Waals surface area contributed by atoms with Crippen LogP contribution in [0.15, 0.2) is 60.7 Å². The zero-order valence-corrected chi connectivity index (χ0v) is 16.2. The summed E-state index contributed by atoms with van der Waals surface area (Å²) in [5.74, 6) is 0.301. The van der Waals surface area contributed by atoms with Crippen LogP contribution in [0.2, 0.25) is 10.0 Å². The van der Waals surface area contributed by atoms with Crippen LogP contribution in [0.25, 0.3) is 0 Å². The van der Waals surface area contributed by atoms with Crippen LogP contribution in [0.3, 0.4) is 0 Å². The van der Waals surface area contributed by atoms with Gasteiger partial charge in [0.2, 0.25) is 0 Å². The van der Waals surface area contributed by atoms with E-state index in [9.17, 15) is 10.1 Å². The molecule has 1 aliphatic carbocycles. The van der Waals surface area contributed by atoms with E-state index in [1.807, 2.05) is 24.3 Å². The molecule has 140 valence electrons. The van der Waals surface area contributed by atoms with Gasteiger partial charge in [-0.15, -0.1) is 0 Å². The molecular weight excluding hydrogens is 395 g/mol. The molecule has 0 spiro atoms. The Kier molecular flexibility index (Phi) is 4.07. The van der Waals surface area contributed by atoms with E-state index in [0.717, 1.165) is 23.2 Å². The van der Waals surface area contributed by atoms with E-state index in [4.69, 9.17) is 23.2 Å². The first-order chi connectivity index (χ1) is 13.5. The van der Waals surface area contributed by atoms with E-state index in [-0.39, 0.29) is 28.5 Å². The first-order valence-corrected chi connectivity index (χ1v) is 9.86. The summed E-state index contributed by atoms with van der Waals surface area (Å²) >= 11 is 12.6. The van der Waals surface area contributed by atoms with Crippen molar-refractivity contribution < 1.29 is 4.92 Å². The second-order valence-corrected chi connectivity index (χ2v) is 8.20. The fourth-order valence-corrected chi connectivity index (χ4v) is 5.25. The number of hydrogen-bond donors (Lipinski definition) is 1. The molecule has 0 fully saturated rings. The predicted molar refractivity (Wildman–Crippen MR) is 111 cm³/mol. The maximum absolute atomic E-state index is 11.3. The highest BCUT2D eigenvalue weighted by Gasteiger charge is 2.44. The second-order valence-electron chi connectivity index (χ2n) is 7.36. The van der Waals surface area contributed by atoms with Crippen molar-refractivity contribution >= 4 is 34.6 Å². The number of benzene rings is 3. The molecule has 0 saturated heterocycles. The zero-order chi connectivity index (χ0) is 19.4. The Balaban J connectivity index is 1.70. The Labute approximate surface area is 172 Å². The Morgan fingerprint density at radius 1 is 0.964 bits per heavy atom. The number of hydrogen-bond acceptors (Lipinski definition) is 3. The third-order valence-electron chi connectivity index (χ3n) is 5.89. The van der Waals surface area contributed by atoms with Gasteiger partial charge in [0.1, 0.15) is 0 Å². The van der Waals surface area contributed by atoms with Crippen molar-refractivity contribution in [3.8, 4) is 0 Å². The van der Waals surface area contributed by atoms with Gasteiger partial charge in [-0.05, 0) is 52.8 Å². The van der Waals surface area contributed by atoms with Crippen molar-refractivity contribution in [3.63, 3.8) is 0 Å². The summed E-state index contributed by atoms with van der Waals surface area (Å²) in [6.07, 6.45) is 0.888. The number of anilines is 1. The molecule has 0 bridgehead atoms. The molecule has 3 aromatic carbocycles. The van der Waals surface area contributed by atoms with Crippen molar-refractivity contribution in [3.05, 3.63) is 103 Å². The van der Waals surface area contributed by atoms with Gasteiger partial charge in [-0.25, -0.2) is 0 Å². The van der Waals surface area contributed by atoms with Crippen LogP contribution >= 0.6 is 23.2 Å². The first kappa shape index (κ1) is 17.5. The number of nitro benzene ring substituents is 1. The van der Waals surface area contributed by atoms with Gasteiger partial charge in [0.15, 0.2) is 0 Å². The molecule has 0 unspecified atom stereocenters. The summed E-state index contributed by atoms with van der Waals surface area (Å²) in [6, 6.07) is 19.0. The molecule has 4 nitrogen and oxygen atoms in total. The van der Waals surface area contributed by atoms with Crippen LogP contribution in [0, 0.1) is 16.0 Å². The van der Waals surface area contributed by atoms with Crippen LogP contribution < -0.4 is 5.32 Å². The van der Waals surface area contributed by atoms with Crippen molar-refractivity contribution in [1.82, 2.24) is 0 Å². The largest absolute Gasteiger partial charge is 0.378 e. The molecule has 0 saturated carbocycles. The topological polar surface area (TPSA) is 55.2 Å². The average molecular weight is 411 g/mol. The van der Waals surface area contributed by atoms with Gasteiger partial charge >= 0.3 is 0 Å². The van der Waals surface area contributed by atoms with E-state index < -0.39 is 0 Å². The SMILES string of the molecule is O=[N+]([O-])c1ccc2c(c1)[C@@H]1c3ccccc3C[C@@H]1[C@@H](c1ccc(Cl)cc1Cl)N2. The first-order valence-electron chi connectivity index (χ1n) is 9.10. The normalized spacial score (nSPS) is 22.0. The van der Waals surface area contributed by atoms with E-state index in [1.165, 1.54) is 11.1 Å². The molecule has 0 radical (unpaired) electrons. The van der Waals surface area contributed by atoms with E-state index in [1.54, 1.807) is 24.3 Å². The van der Waals surface area contributed by atoms with Crippen molar-refractivity contribution in [2.24, 2.45) is 5.92 Å². The number of non-ortho nitro benzene ring substituents is 1. The lowest BCUT2D eigenvalue weighted by molar-refractivity contribution is -0.384. The lowest BCUT2D eigenvalue weighted by Gasteiger charge is -2.38. The highest BCUT2D eigenvalue weighted by molar-refractivity contribution is 6.35. The summed E-state index contributed by atoms with van der Waals surface area (Å²) in [5.41, 5.74) is 5.54. The van der Waals surface area contributed by atoms with E-state index in [2.05, 4.69) is 17.4 Å². The summed E-state index contributed by atoms with van der Waals surface area (Å²) in [7, 11) is 0. The summed E-state index contributed by atoms with van der Waals surface area (Å²) in [5, 5.41) is 16.2. The summed E-state index contributed by atoms with van der Waals surface area (Å²) in [6.45, 7) is 0. The fourth-order valence-electron chi connectivity index (χ4n) is 4.72. The second kappa shape index (κ2) is 6.50. The van der Waals surface area contributed by atoms with Crippen LogP contribution in [0.4, 0.5) is 11.4 Å². The number of nitro groups is 1. The molecule has 1 heterocycles. The number of fused-ring (bicyclic) bond motifs is 5. The molecule has 3 atom stereocenters. The summed E-state index contributed by atoms with van der Waals surface area (Å²) in [4.78, 5) is 11.0. The Morgan fingerprint density at radius 3 is 2.57 bits per heavy atom. The van der Waals surface area contributed by atoms with E-state index in [0.29, 0.717) is 10.0 Å². The Morgan fingerprint density at radius 2 is 1.79 bits per heavy atom. The predicted octanol–water partition coefficient (Wildman–Crippen LogP) is 6.37. The maximum atomic E-state index is 11.3. The minimum Gasteiger partial charge on any atom is -0.378 e. The number of halogens is 2. The smallest absolute Gasteiger partial charge is 0.269 e. The number of rotatable bonds is 2. The quantitative estimate of drug-likeness (QED) is 0.394. The van der Waals surface area contributed by atoms with Crippen molar-refractivity contribution in [1.29, 1.82) is 0 Å². The van der Waals surface area contributed by atoms with Gasteiger partial charge in [0, 0.05) is 33.8 Å². The van der Waals surface area contributed by atoms with Crippen LogP contribution in [-0.2, 0) is 6.42 Å².